The third-order valence-corrected chi connectivity index (χ3v) is 5.11. The van der Waals surface area contributed by atoms with Gasteiger partial charge in [0.15, 0.2) is 5.16 Å². The van der Waals surface area contributed by atoms with Gasteiger partial charge in [-0.1, -0.05) is 23.9 Å². The SMILES string of the molecule is CCNc1nc(NCC)n2c(SCC(=O)Nc3ccccc3C(=O)NC(C)(C)C)nnc2n1. The molecule has 2 amide bonds. The van der Waals surface area contributed by atoms with E-state index in [4.69, 9.17) is 0 Å². The third-order valence-electron chi connectivity index (χ3n) is 4.18. The van der Waals surface area contributed by atoms with Gasteiger partial charge in [-0.25, -0.2) is 4.40 Å². The Morgan fingerprint density at radius 1 is 1.03 bits per heavy atom. The summed E-state index contributed by atoms with van der Waals surface area (Å²) >= 11 is 1.20. The fraction of sp³-hybridized carbons (Fsp3) is 0.429. The van der Waals surface area contributed by atoms with Crippen molar-refractivity contribution in [1.29, 1.82) is 0 Å². The van der Waals surface area contributed by atoms with E-state index in [1.165, 1.54) is 11.8 Å². The lowest BCUT2D eigenvalue weighted by molar-refractivity contribution is -0.113. The van der Waals surface area contributed by atoms with Gasteiger partial charge in [0.1, 0.15) is 0 Å². The summed E-state index contributed by atoms with van der Waals surface area (Å²) in [6.45, 7) is 10.9. The summed E-state index contributed by atoms with van der Waals surface area (Å²) in [4.78, 5) is 34.1. The normalized spacial score (nSPS) is 11.3. The van der Waals surface area contributed by atoms with Crippen molar-refractivity contribution in [2.24, 2.45) is 0 Å². The van der Waals surface area contributed by atoms with Crippen LogP contribution in [0.5, 0.6) is 0 Å². The van der Waals surface area contributed by atoms with E-state index in [-0.39, 0.29) is 17.6 Å². The van der Waals surface area contributed by atoms with Gasteiger partial charge in [0.25, 0.3) is 11.7 Å². The van der Waals surface area contributed by atoms with Crippen LogP contribution in [0.25, 0.3) is 5.78 Å². The standard InChI is InChI=1S/C21H29N9O2S/c1-6-22-17-25-18(23-7-2)30-19(26-17)28-29-20(30)33-12-15(31)24-14-11-9-8-10-13(14)16(32)27-21(3,4)5/h8-11H,6-7,12H2,1-5H3,(H,24,31)(H,27,32)(H2,22,23,25,26,28). The fourth-order valence-electron chi connectivity index (χ4n) is 2.91. The molecule has 1 aromatic carbocycles. The van der Waals surface area contributed by atoms with Crippen molar-refractivity contribution in [1.82, 2.24) is 29.9 Å². The molecule has 12 heteroatoms. The van der Waals surface area contributed by atoms with Crippen LogP contribution in [0.15, 0.2) is 29.4 Å². The monoisotopic (exact) mass is 471 g/mol. The number of carbonyl (C=O) groups excluding carboxylic acids is 2. The lowest BCUT2D eigenvalue weighted by Gasteiger charge is -2.21. The van der Waals surface area contributed by atoms with Crippen molar-refractivity contribution >= 4 is 46.9 Å². The van der Waals surface area contributed by atoms with Crippen LogP contribution < -0.4 is 21.3 Å². The minimum atomic E-state index is -0.391. The maximum atomic E-state index is 12.7. The summed E-state index contributed by atoms with van der Waals surface area (Å²) in [5.74, 6) is 0.907. The summed E-state index contributed by atoms with van der Waals surface area (Å²) < 4.78 is 1.67. The van der Waals surface area contributed by atoms with E-state index in [0.717, 1.165) is 0 Å². The minimum Gasteiger partial charge on any atom is -0.355 e. The van der Waals surface area contributed by atoms with Gasteiger partial charge in [0, 0.05) is 18.6 Å². The molecule has 4 N–H and O–H groups in total. The Morgan fingerprint density at radius 2 is 1.76 bits per heavy atom. The molecule has 0 atom stereocenters. The summed E-state index contributed by atoms with van der Waals surface area (Å²) in [6, 6.07) is 6.91. The number of hydrogen-bond donors (Lipinski definition) is 4. The molecule has 0 spiro atoms. The van der Waals surface area contributed by atoms with Crippen molar-refractivity contribution in [2.75, 3.05) is 34.8 Å². The van der Waals surface area contributed by atoms with Crippen molar-refractivity contribution in [3.05, 3.63) is 29.8 Å². The molecule has 0 aliphatic heterocycles. The minimum absolute atomic E-state index is 0.0660. The van der Waals surface area contributed by atoms with Crippen molar-refractivity contribution in [2.45, 2.75) is 45.3 Å². The summed E-state index contributed by atoms with van der Waals surface area (Å²) in [6.07, 6.45) is 0. The molecule has 0 saturated carbocycles. The molecule has 2 heterocycles. The molecule has 176 valence electrons. The molecule has 0 bridgehead atoms. The van der Waals surface area contributed by atoms with Gasteiger partial charge in [0.2, 0.25) is 17.8 Å². The number of nitrogens with one attached hydrogen (secondary N) is 4. The van der Waals surface area contributed by atoms with E-state index in [1.807, 2.05) is 34.6 Å². The molecule has 33 heavy (non-hydrogen) atoms. The largest absolute Gasteiger partial charge is 0.355 e. The van der Waals surface area contributed by atoms with Gasteiger partial charge in [0.05, 0.1) is 17.0 Å². The number of benzene rings is 1. The Morgan fingerprint density at radius 3 is 2.45 bits per heavy atom. The number of hydrogen-bond acceptors (Lipinski definition) is 9. The van der Waals surface area contributed by atoms with Gasteiger partial charge in [-0.05, 0) is 46.8 Å². The molecule has 2 aromatic heterocycles. The van der Waals surface area contributed by atoms with Crippen molar-refractivity contribution < 1.29 is 9.59 Å². The van der Waals surface area contributed by atoms with Gasteiger partial charge in [-0.3, -0.25) is 9.59 Å². The molecule has 3 aromatic rings. The second-order valence-corrected chi connectivity index (χ2v) is 9.08. The lowest BCUT2D eigenvalue weighted by Crippen LogP contribution is -2.40. The van der Waals surface area contributed by atoms with E-state index in [0.29, 0.717) is 47.2 Å². The molecule has 3 rings (SSSR count). The highest BCUT2D eigenvalue weighted by Crippen LogP contribution is 2.22. The predicted octanol–water partition coefficient (Wildman–Crippen LogP) is 2.64. The second kappa shape index (κ2) is 10.5. The molecule has 0 radical (unpaired) electrons. The van der Waals surface area contributed by atoms with Gasteiger partial charge < -0.3 is 21.3 Å². The number of nitrogens with zero attached hydrogens (tertiary/aromatic N) is 5. The first-order chi connectivity index (χ1) is 15.7. The highest BCUT2D eigenvalue weighted by atomic mass is 32.2. The Kier molecular flexibility index (Phi) is 7.69. The van der Waals surface area contributed by atoms with E-state index in [9.17, 15) is 9.59 Å². The Hall–Kier alpha value is -3.41. The number of aromatic nitrogens is 5. The predicted molar refractivity (Wildman–Crippen MR) is 130 cm³/mol. The molecule has 0 aliphatic rings. The number of fused-ring (bicyclic) bond motifs is 1. The number of thioether (sulfide) groups is 1. The molecule has 0 saturated heterocycles. The maximum absolute atomic E-state index is 12.7. The Labute approximate surface area is 196 Å². The topological polar surface area (TPSA) is 138 Å². The molecule has 0 unspecified atom stereocenters. The quantitative estimate of drug-likeness (QED) is 0.347. The fourth-order valence-corrected chi connectivity index (χ4v) is 3.64. The van der Waals surface area contributed by atoms with Crippen LogP contribution in [0.1, 0.15) is 45.0 Å². The average molecular weight is 472 g/mol. The molecule has 0 fully saturated rings. The van der Waals surface area contributed by atoms with Crippen molar-refractivity contribution in [3.8, 4) is 0 Å². The Bertz CT molecular complexity index is 1140. The number of rotatable bonds is 9. The average Bonchev–Trinajstić information content (AvgIpc) is 3.15. The smallest absolute Gasteiger partial charge is 0.261 e. The van der Waals surface area contributed by atoms with Crippen LogP contribution in [0.3, 0.4) is 0 Å². The zero-order valence-electron chi connectivity index (χ0n) is 19.4. The lowest BCUT2D eigenvalue weighted by atomic mass is 10.1. The maximum Gasteiger partial charge on any atom is 0.261 e. The first kappa shape index (κ1) is 24.2. The first-order valence-electron chi connectivity index (χ1n) is 10.7. The molecule has 11 nitrogen and oxygen atoms in total. The van der Waals surface area contributed by atoms with E-state index in [1.54, 1.807) is 28.7 Å². The summed E-state index contributed by atoms with van der Waals surface area (Å²) in [7, 11) is 0. The summed E-state index contributed by atoms with van der Waals surface area (Å²) in [5.41, 5.74) is 0.456. The molecule has 0 aliphatic carbocycles. The third kappa shape index (κ3) is 6.31. The van der Waals surface area contributed by atoms with Crippen LogP contribution in [-0.2, 0) is 4.79 Å². The number of amides is 2. The zero-order chi connectivity index (χ0) is 24.0. The first-order valence-corrected chi connectivity index (χ1v) is 11.7. The van der Waals surface area contributed by atoms with Crippen LogP contribution in [-0.4, -0.2) is 60.8 Å². The summed E-state index contributed by atoms with van der Waals surface area (Å²) in [5, 5.41) is 20.7. The van der Waals surface area contributed by atoms with Crippen LogP contribution >= 0.6 is 11.8 Å². The van der Waals surface area contributed by atoms with E-state index >= 15 is 0 Å². The number of anilines is 3. The second-order valence-electron chi connectivity index (χ2n) is 8.14. The van der Waals surface area contributed by atoms with Gasteiger partial charge in [-0.15, -0.1) is 10.2 Å². The van der Waals surface area contributed by atoms with Crippen LogP contribution in [0.2, 0.25) is 0 Å². The van der Waals surface area contributed by atoms with Crippen LogP contribution in [0, 0.1) is 0 Å². The van der Waals surface area contributed by atoms with Gasteiger partial charge in [-0.2, -0.15) is 9.97 Å². The molecular formula is C21H29N9O2S. The number of para-hydroxylation sites is 1. The molecular weight excluding hydrogens is 442 g/mol. The van der Waals surface area contributed by atoms with Crippen LogP contribution in [0.4, 0.5) is 17.6 Å². The number of carbonyl (C=O) groups is 2. The van der Waals surface area contributed by atoms with Crippen molar-refractivity contribution in [3.63, 3.8) is 0 Å². The highest BCUT2D eigenvalue weighted by Gasteiger charge is 2.20. The zero-order valence-corrected chi connectivity index (χ0v) is 20.2. The highest BCUT2D eigenvalue weighted by molar-refractivity contribution is 7.99. The van der Waals surface area contributed by atoms with Gasteiger partial charge >= 0.3 is 0 Å². The van der Waals surface area contributed by atoms with E-state index in [2.05, 4.69) is 41.4 Å². The Balaban J connectivity index is 1.74. The van der Waals surface area contributed by atoms with E-state index < -0.39 is 5.54 Å².